The number of imidazole rings is 1. The molecular weight excluding hydrogens is 224 g/mol. The van der Waals surface area contributed by atoms with Crippen LogP contribution >= 0.6 is 0 Å². The molecule has 0 fully saturated rings. The van der Waals surface area contributed by atoms with Crippen molar-refractivity contribution in [3.63, 3.8) is 0 Å². The van der Waals surface area contributed by atoms with Crippen LogP contribution in [0.15, 0.2) is 12.4 Å². The number of hydrogen-bond acceptors (Lipinski definition) is 2. The van der Waals surface area contributed by atoms with Gasteiger partial charge in [0.2, 0.25) is 0 Å². The second-order valence-corrected chi connectivity index (χ2v) is 5.11. The molecule has 1 aromatic rings. The molecule has 0 aliphatic carbocycles. The van der Waals surface area contributed by atoms with E-state index in [0.29, 0.717) is 5.82 Å². The molecule has 104 valence electrons. The number of aliphatic hydroxyl groups excluding tert-OH is 1. The van der Waals surface area contributed by atoms with Crippen molar-refractivity contribution in [1.29, 1.82) is 0 Å². The molecule has 1 unspecified atom stereocenters. The fourth-order valence-electron chi connectivity index (χ4n) is 2.24. The molecule has 1 atom stereocenters. The minimum Gasteiger partial charge on any atom is -0.385 e. The normalized spacial score (nSPS) is 12.8. The molecule has 3 heteroatoms. The molecular formula is C15H28N2O. The number of nitrogens with one attached hydrogen (secondary N) is 1. The third kappa shape index (κ3) is 6.80. The van der Waals surface area contributed by atoms with Gasteiger partial charge in [-0.2, -0.15) is 0 Å². The Morgan fingerprint density at radius 3 is 2.22 bits per heavy atom. The number of rotatable bonds is 11. The molecule has 2 N–H and O–H groups in total. The highest BCUT2D eigenvalue weighted by Gasteiger charge is 2.08. The predicted octanol–water partition coefficient (Wildman–Crippen LogP) is 4.36. The van der Waals surface area contributed by atoms with Gasteiger partial charge in [0.25, 0.3) is 0 Å². The molecule has 1 rings (SSSR count). The highest BCUT2D eigenvalue weighted by atomic mass is 16.3. The van der Waals surface area contributed by atoms with Crippen molar-refractivity contribution < 1.29 is 5.11 Å². The quantitative estimate of drug-likeness (QED) is 0.575. The molecule has 0 aliphatic heterocycles. The van der Waals surface area contributed by atoms with E-state index in [1.807, 2.05) is 0 Å². The van der Waals surface area contributed by atoms with Crippen LogP contribution in [0.4, 0.5) is 0 Å². The van der Waals surface area contributed by atoms with Crippen LogP contribution in [-0.2, 0) is 0 Å². The standard InChI is InChI=1S/C15H28N2O/c1-2-3-4-5-6-7-8-9-10-11-14(18)15-16-12-13-17-15/h12-14,18H,2-11H2,1H3,(H,16,17). The topological polar surface area (TPSA) is 48.9 Å². The lowest BCUT2D eigenvalue weighted by molar-refractivity contribution is 0.154. The minimum atomic E-state index is -0.412. The number of nitrogens with zero attached hydrogens (tertiary/aromatic N) is 1. The van der Waals surface area contributed by atoms with E-state index in [0.717, 1.165) is 12.8 Å². The van der Waals surface area contributed by atoms with Crippen LogP contribution in [-0.4, -0.2) is 15.1 Å². The molecule has 0 aliphatic rings. The molecule has 0 radical (unpaired) electrons. The number of aliphatic hydroxyl groups is 1. The Kier molecular flexibility index (Phi) is 8.57. The lowest BCUT2D eigenvalue weighted by atomic mass is 10.1. The van der Waals surface area contributed by atoms with Gasteiger partial charge in [-0.1, -0.05) is 64.7 Å². The van der Waals surface area contributed by atoms with Crippen LogP contribution in [0.25, 0.3) is 0 Å². The van der Waals surface area contributed by atoms with E-state index >= 15 is 0 Å². The van der Waals surface area contributed by atoms with E-state index in [2.05, 4.69) is 16.9 Å². The van der Waals surface area contributed by atoms with Crippen molar-refractivity contribution in [2.75, 3.05) is 0 Å². The monoisotopic (exact) mass is 252 g/mol. The number of hydrogen-bond donors (Lipinski definition) is 2. The van der Waals surface area contributed by atoms with Gasteiger partial charge in [-0.15, -0.1) is 0 Å². The first kappa shape index (κ1) is 15.2. The third-order valence-electron chi connectivity index (χ3n) is 3.42. The molecule has 0 amide bonds. The van der Waals surface area contributed by atoms with Crippen LogP contribution < -0.4 is 0 Å². The highest BCUT2D eigenvalue weighted by molar-refractivity contribution is 4.91. The highest BCUT2D eigenvalue weighted by Crippen LogP contribution is 2.17. The number of aromatic amines is 1. The second kappa shape index (κ2) is 10.1. The zero-order valence-electron chi connectivity index (χ0n) is 11.7. The van der Waals surface area contributed by atoms with Gasteiger partial charge in [0.15, 0.2) is 0 Å². The van der Waals surface area contributed by atoms with Gasteiger partial charge in [-0.25, -0.2) is 4.98 Å². The molecule has 0 saturated carbocycles. The minimum absolute atomic E-state index is 0.412. The summed E-state index contributed by atoms with van der Waals surface area (Å²) in [4.78, 5) is 7.02. The maximum atomic E-state index is 9.82. The Labute approximate surface area is 111 Å². The summed E-state index contributed by atoms with van der Waals surface area (Å²) in [5, 5.41) is 9.82. The summed E-state index contributed by atoms with van der Waals surface area (Å²) in [5.74, 6) is 0.703. The van der Waals surface area contributed by atoms with E-state index in [9.17, 15) is 5.11 Å². The summed E-state index contributed by atoms with van der Waals surface area (Å²) in [6.07, 6.45) is 15.7. The lowest BCUT2D eigenvalue weighted by Gasteiger charge is -2.07. The van der Waals surface area contributed by atoms with Crippen molar-refractivity contribution >= 4 is 0 Å². The Bertz CT molecular complexity index is 272. The molecule has 3 nitrogen and oxygen atoms in total. The van der Waals surface area contributed by atoms with Crippen molar-refractivity contribution in [2.45, 2.75) is 77.2 Å². The predicted molar refractivity (Wildman–Crippen MR) is 75.4 cm³/mol. The molecule has 1 heterocycles. The van der Waals surface area contributed by atoms with Crippen LogP contribution in [0.2, 0.25) is 0 Å². The lowest BCUT2D eigenvalue weighted by Crippen LogP contribution is -1.99. The zero-order chi connectivity index (χ0) is 13.1. The third-order valence-corrected chi connectivity index (χ3v) is 3.42. The van der Waals surface area contributed by atoms with E-state index < -0.39 is 6.10 Å². The van der Waals surface area contributed by atoms with Crippen molar-refractivity contribution in [3.8, 4) is 0 Å². The summed E-state index contributed by atoms with van der Waals surface area (Å²) >= 11 is 0. The van der Waals surface area contributed by atoms with Crippen molar-refractivity contribution in [1.82, 2.24) is 9.97 Å². The first-order chi connectivity index (χ1) is 8.84. The van der Waals surface area contributed by atoms with Gasteiger partial charge in [0.1, 0.15) is 11.9 Å². The Balaban J connectivity index is 1.87. The summed E-state index contributed by atoms with van der Waals surface area (Å²) in [6.45, 7) is 2.25. The molecule has 18 heavy (non-hydrogen) atoms. The van der Waals surface area contributed by atoms with Gasteiger partial charge in [-0.05, 0) is 6.42 Å². The van der Waals surface area contributed by atoms with Crippen LogP contribution in [0, 0.1) is 0 Å². The van der Waals surface area contributed by atoms with Crippen molar-refractivity contribution in [3.05, 3.63) is 18.2 Å². The number of H-pyrrole nitrogens is 1. The Morgan fingerprint density at radius 1 is 1.06 bits per heavy atom. The maximum absolute atomic E-state index is 9.82. The van der Waals surface area contributed by atoms with E-state index in [1.165, 1.54) is 51.4 Å². The maximum Gasteiger partial charge on any atom is 0.134 e. The number of unbranched alkanes of at least 4 members (excludes halogenated alkanes) is 8. The summed E-state index contributed by atoms with van der Waals surface area (Å²) in [6, 6.07) is 0. The largest absolute Gasteiger partial charge is 0.385 e. The fourth-order valence-corrected chi connectivity index (χ4v) is 2.24. The van der Waals surface area contributed by atoms with Crippen LogP contribution in [0.5, 0.6) is 0 Å². The summed E-state index contributed by atoms with van der Waals surface area (Å²) < 4.78 is 0. The van der Waals surface area contributed by atoms with Crippen LogP contribution in [0.1, 0.15) is 83.1 Å². The zero-order valence-corrected chi connectivity index (χ0v) is 11.7. The van der Waals surface area contributed by atoms with Gasteiger partial charge in [-0.3, -0.25) is 0 Å². The van der Waals surface area contributed by atoms with Gasteiger partial charge >= 0.3 is 0 Å². The van der Waals surface area contributed by atoms with Gasteiger partial charge in [0, 0.05) is 12.4 Å². The molecule has 0 bridgehead atoms. The van der Waals surface area contributed by atoms with Crippen molar-refractivity contribution in [2.24, 2.45) is 0 Å². The first-order valence-electron chi connectivity index (χ1n) is 7.52. The van der Waals surface area contributed by atoms with Gasteiger partial charge < -0.3 is 10.1 Å². The Hall–Kier alpha value is -0.830. The smallest absolute Gasteiger partial charge is 0.134 e. The SMILES string of the molecule is CCCCCCCCCCCC(O)c1ncc[nH]1. The van der Waals surface area contributed by atoms with E-state index in [-0.39, 0.29) is 0 Å². The average molecular weight is 252 g/mol. The summed E-state index contributed by atoms with van der Waals surface area (Å²) in [7, 11) is 0. The number of aromatic nitrogens is 2. The Morgan fingerprint density at radius 2 is 1.67 bits per heavy atom. The van der Waals surface area contributed by atoms with E-state index in [4.69, 9.17) is 0 Å². The summed E-state index contributed by atoms with van der Waals surface area (Å²) in [5.41, 5.74) is 0. The van der Waals surface area contributed by atoms with Gasteiger partial charge in [0.05, 0.1) is 0 Å². The molecule has 1 aromatic heterocycles. The molecule has 0 aromatic carbocycles. The molecule has 0 spiro atoms. The second-order valence-electron chi connectivity index (χ2n) is 5.11. The van der Waals surface area contributed by atoms with E-state index in [1.54, 1.807) is 12.4 Å². The van der Waals surface area contributed by atoms with Crippen LogP contribution in [0.3, 0.4) is 0 Å². The fraction of sp³-hybridized carbons (Fsp3) is 0.800. The molecule has 0 saturated heterocycles. The average Bonchev–Trinajstić information content (AvgIpc) is 2.90. The first-order valence-corrected chi connectivity index (χ1v) is 7.52.